The lowest BCUT2D eigenvalue weighted by atomic mass is 10.2. The Labute approximate surface area is 83.5 Å². The van der Waals surface area contributed by atoms with Crippen molar-refractivity contribution in [1.29, 1.82) is 0 Å². The number of hydrogen-bond acceptors (Lipinski definition) is 6. The molecule has 1 atom stereocenters. The van der Waals surface area contributed by atoms with E-state index in [9.17, 15) is 9.59 Å². The molecular weight excluding hydrogens is 206 g/mol. The molecule has 4 N–H and O–H groups in total. The number of aromatic nitrogens is 4. The zero-order chi connectivity index (χ0) is 11.3. The molecule has 1 amide bonds. The van der Waals surface area contributed by atoms with E-state index in [-0.39, 0.29) is 18.8 Å². The molecule has 0 aromatic carbocycles. The van der Waals surface area contributed by atoms with Crippen LogP contribution in [0.25, 0.3) is 0 Å². The van der Waals surface area contributed by atoms with Crippen LogP contribution in [0.2, 0.25) is 0 Å². The monoisotopic (exact) mass is 215 g/mol. The largest absolute Gasteiger partial charge is 0.479 e. The molecule has 1 aromatic heterocycles. The predicted octanol–water partition coefficient (Wildman–Crippen LogP) is -2.23. The third-order valence-corrected chi connectivity index (χ3v) is 1.54. The second-order valence-corrected chi connectivity index (χ2v) is 2.63. The van der Waals surface area contributed by atoms with Gasteiger partial charge in [0.15, 0.2) is 6.10 Å². The predicted molar refractivity (Wildman–Crippen MR) is 44.8 cm³/mol. The number of aliphatic hydroxyl groups excluding tert-OH is 1. The molecule has 1 heterocycles. The van der Waals surface area contributed by atoms with Gasteiger partial charge < -0.3 is 15.5 Å². The van der Waals surface area contributed by atoms with Gasteiger partial charge in [0.05, 0.1) is 0 Å². The maximum absolute atomic E-state index is 11.1. The number of H-pyrrole nitrogens is 1. The van der Waals surface area contributed by atoms with Crippen molar-refractivity contribution in [2.45, 2.75) is 12.5 Å². The number of rotatable bonds is 5. The normalized spacial score (nSPS) is 12.1. The van der Waals surface area contributed by atoms with Crippen molar-refractivity contribution in [2.75, 3.05) is 6.54 Å². The van der Waals surface area contributed by atoms with Gasteiger partial charge >= 0.3 is 5.97 Å². The average molecular weight is 215 g/mol. The zero-order valence-electron chi connectivity index (χ0n) is 7.54. The van der Waals surface area contributed by atoms with Crippen LogP contribution in [0.5, 0.6) is 0 Å². The van der Waals surface area contributed by atoms with E-state index in [0.717, 1.165) is 0 Å². The summed E-state index contributed by atoms with van der Waals surface area (Å²) in [4.78, 5) is 21.3. The summed E-state index contributed by atoms with van der Waals surface area (Å²) in [6, 6.07) is 0. The highest BCUT2D eigenvalue weighted by atomic mass is 16.4. The number of tetrazole rings is 1. The van der Waals surface area contributed by atoms with Gasteiger partial charge in [-0.2, -0.15) is 5.21 Å². The molecule has 0 fully saturated rings. The lowest BCUT2D eigenvalue weighted by Gasteiger charge is -2.05. The molecule has 1 rings (SSSR count). The van der Waals surface area contributed by atoms with Gasteiger partial charge in [-0.25, -0.2) is 4.79 Å². The van der Waals surface area contributed by atoms with Crippen LogP contribution in [0, 0.1) is 0 Å². The van der Waals surface area contributed by atoms with Crippen molar-refractivity contribution in [1.82, 2.24) is 25.9 Å². The molecule has 0 unspecified atom stereocenters. The van der Waals surface area contributed by atoms with Crippen LogP contribution in [0.1, 0.15) is 17.0 Å². The number of carbonyl (C=O) groups excluding carboxylic acids is 1. The highest BCUT2D eigenvalue weighted by molar-refractivity contribution is 5.90. The minimum absolute atomic E-state index is 0.0147. The summed E-state index contributed by atoms with van der Waals surface area (Å²) in [6.45, 7) is 0.0147. The van der Waals surface area contributed by atoms with Crippen molar-refractivity contribution in [3.8, 4) is 0 Å². The van der Waals surface area contributed by atoms with Gasteiger partial charge in [0.2, 0.25) is 0 Å². The Morgan fingerprint density at radius 2 is 2.27 bits per heavy atom. The molecule has 9 nitrogen and oxygen atoms in total. The lowest BCUT2D eigenvalue weighted by Crippen LogP contribution is -2.30. The molecule has 9 heteroatoms. The number of aromatic amines is 1. The van der Waals surface area contributed by atoms with Crippen LogP contribution in [0.3, 0.4) is 0 Å². The SMILES string of the molecule is O=C(NCC[C@H](O)C(=O)O)c1nn[nH]n1. The van der Waals surface area contributed by atoms with Gasteiger partial charge in [0.1, 0.15) is 0 Å². The van der Waals surface area contributed by atoms with E-state index in [1.807, 2.05) is 0 Å². The molecule has 0 bridgehead atoms. The van der Waals surface area contributed by atoms with Crippen LogP contribution >= 0.6 is 0 Å². The number of hydrogen-bond donors (Lipinski definition) is 4. The van der Waals surface area contributed by atoms with Gasteiger partial charge in [0.25, 0.3) is 11.7 Å². The lowest BCUT2D eigenvalue weighted by molar-refractivity contribution is -0.146. The Kier molecular flexibility index (Phi) is 3.68. The topological polar surface area (TPSA) is 141 Å². The van der Waals surface area contributed by atoms with E-state index in [0.29, 0.717) is 0 Å². The first kappa shape index (κ1) is 11.0. The first-order chi connectivity index (χ1) is 7.11. The minimum Gasteiger partial charge on any atom is -0.479 e. The van der Waals surface area contributed by atoms with Crippen LogP contribution in [-0.2, 0) is 4.79 Å². The average Bonchev–Trinajstić information content (AvgIpc) is 2.70. The van der Waals surface area contributed by atoms with Crippen molar-refractivity contribution in [2.24, 2.45) is 0 Å². The molecule has 82 valence electrons. The van der Waals surface area contributed by atoms with E-state index < -0.39 is 18.0 Å². The van der Waals surface area contributed by atoms with Crippen LogP contribution in [0.15, 0.2) is 0 Å². The molecular formula is C6H9N5O4. The Balaban J connectivity index is 2.27. The standard InChI is InChI=1S/C6H9N5O4/c12-3(6(14)15)1-2-7-5(13)4-8-10-11-9-4/h3,12H,1-2H2,(H,7,13)(H,14,15)(H,8,9,10,11)/t3-/m0/s1. The first-order valence-corrected chi connectivity index (χ1v) is 4.03. The van der Waals surface area contributed by atoms with Crippen molar-refractivity contribution in [3.05, 3.63) is 5.82 Å². The maximum atomic E-state index is 11.1. The molecule has 0 saturated heterocycles. The summed E-state index contributed by atoms with van der Waals surface area (Å²) in [5.41, 5.74) is 0. The van der Waals surface area contributed by atoms with Crippen LogP contribution in [-0.4, -0.2) is 55.4 Å². The highest BCUT2D eigenvalue weighted by Crippen LogP contribution is 1.90. The molecule has 0 radical (unpaired) electrons. The number of carbonyl (C=O) groups is 2. The van der Waals surface area contributed by atoms with Crippen LogP contribution in [0.4, 0.5) is 0 Å². The number of carboxylic acid groups (broad SMARTS) is 1. The Hall–Kier alpha value is -2.03. The fourth-order valence-electron chi connectivity index (χ4n) is 0.783. The highest BCUT2D eigenvalue weighted by Gasteiger charge is 2.14. The number of amides is 1. The smallest absolute Gasteiger partial charge is 0.332 e. The number of aliphatic carboxylic acids is 1. The van der Waals surface area contributed by atoms with Gasteiger partial charge in [-0.15, -0.1) is 10.2 Å². The molecule has 0 spiro atoms. The fraction of sp³-hybridized carbons (Fsp3) is 0.500. The zero-order valence-corrected chi connectivity index (χ0v) is 7.54. The minimum atomic E-state index is -1.49. The van der Waals surface area contributed by atoms with Gasteiger partial charge in [-0.05, 0) is 5.21 Å². The molecule has 1 aromatic rings. The van der Waals surface area contributed by atoms with Gasteiger partial charge in [0, 0.05) is 13.0 Å². The molecule has 0 aliphatic heterocycles. The Bertz CT molecular complexity index is 337. The molecule has 0 aliphatic rings. The number of aliphatic hydroxyl groups is 1. The summed E-state index contributed by atoms with van der Waals surface area (Å²) in [5, 5.41) is 31.6. The summed E-state index contributed by atoms with van der Waals surface area (Å²) in [7, 11) is 0. The summed E-state index contributed by atoms with van der Waals surface area (Å²) in [6.07, 6.45) is -1.57. The van der Waals surface area contributed by atoms with E-state index >= 15 is 0 Å². The Morgan fingerprint density at radius 1 is 1.53 bits per heavy atom. The first-order valence-electron chi connectivity index (χ1n) is 4.03. The number of carboxylic acids is 1. The van der Waals surface area contributed by atoms with E-state index in [1.165, 1.54) is 0 Å². The maximum Gasteiger partial charge on any atom is 0.332 e. The van der Waals surface area contributed by atoms with Crippen molar-refractivity contribution < 1.29 is 19.8 Å². The Morgan fingerprint density at radius 3 is 2.80 bits per heavy atom. The van der Waals surface area contributed by atoms with E-state index in [2.05, 4.69) is 25.9 Å². The molecule has 0 aliphatic carbocycles. The van der Waals surface area contributed by atoms with E-state index in [4.69, 9.17) is 10.2 Å². The second-order valence-electron chi connectivity index (χ2n) is 2.63. The van der Waals surface area contributed by atoms with Crippen molar-refractivity contribution in [3.63, 3.8) is 0 Å². The summed E-state index contributed by atoms with van der Waals surface area (Å²) < 4.78 is 0. The third kappa shape index (κ3) is 3.31. The summed E-state index contributed by atoms with van der Waals surface area (Å²) >= 11 is 0. The number of nitrogens with zero attached hydrogens (tertiary/aromatic N) is 3. The third-order valence-electron chi connectivity index (χ3n) is 1.54. The van der Waals surface area contributed by atoms with Crippen LogP contribution < -0.4 is 5.32 Å². The van der Waals surface area contributed by atoms with Gasteiger partial charge in [-0.3, -0.25) is 4.79 Å². The quantitative estimate of drug-likeness (QED) is 0.435. The molecule has 15 heavy (non-hydrogen) atoms. The molecule has 0 saturated carbocycles. The van der Waals surface area contributed by atoms with Gasteiger partial charge in [-0.1, -0.05) is 0 Å². The fourth-order valence-corrected chi connectivity index (χ4v) is 0.783. The second kappa shape index (κ2) is 5.00. The van der Waals surface area contributed by atoms with E-state index in [1.54, 1.807) is 0 Å². The number of nitrogens with one attached hydrogen (secondary N) is 2. The van der Waals surface area contributed by atoms with Crippen molar-refractivity contribution >= 4 is 11.9 Å². The summed E-state index contributed by atoms with van der Waals surface area (Å²) in [5.74, 6) is -2.05.